The first-order valence-electron chi connectivity index (χ1n) is 7.78. The molecule has 1 heterocycles. The molecular weight excluding hydrogens is 310 g/mol. The first-order chi connectivity index (χ1) is 10.8. The van der Waals surface area contributed by atoms with Gasteiger partial charge < -0.3 is 9.53 Å². The predicted octanol–water partition coefficient (Wildman–Crippen LogP) is 3.30. The zero-order valence-corrected chi connectivity index (χ0v) is 15.5. The highest BCUT2D eigenvalue weighted by atomic mass is 32.2. The summed E-state index contributed by atoms with van der Waals surface area (Å²) in [4.78, 5) is 25.5. The van der Waals surface area contributed by atoms with Gasteiger partial charge in [0.05, 0.1) is 18.8 Å². The fourth-order valence-corrected chi connectivity index (χ4v) is 2.77. The van der Waals surface area contributed by atoms with Gasteiger partial charge in [0.25, 0.3) is 0 Å². The van der Waals surface area contributed by atoms with Gasteiger partial charge in [-0.1, -0.05) is 12.1 Å². The Balaban J connectivity index is 0.000000593. The van der Waals surface area contributed by atoms with Crippen LogP contribution in [0.2, 0.25) is 0 Å². The second-order valence-electron chi connectivity index (χ2n) is 6.12. The van der Waals surface area contributed by atoms with E-state index in [1.165, 1.54) is 18.7 Å². The van der Waals surface area contributed by atoms with Crippen molar-refractivity contribution in [3.63, 3.8) is 0 Å². The average molecular weight is 337 g/mol. The van der Waals surface area contributed by atoms with Crippen molar-refractivity contribution in [2.24, 2.45) is 0 Å². The molecule has 0 aromatic heterocycles. The van der Waals surface area contributed by atoms with Gasteiger partial charge in [-0.15, -0.1) is 11.8 Å². The molecule has 0 unspecified atom stereocenters. The molecular formula is C18H27NO3S. The molecule has 1 aliphatic heterocycles. The summed E-state index contributed by atoms with van der Waals surface area (Å²) in [6.07, 6.45) is 2.04. The van der Waals surface area contributed by atoms with Gasteiger partial charge in [0.2, 0.25) is 0 Å². The lowest BCUT2D eigenvalue weighted by Gasteiger charge is -2.39. The predicted molar refractivity (Wildman–Crippen MR) is 95.4 cm³/mol. The number of thioether (sulfide) groups is 1. The minimum absolute atomic E-state index is 0.167. The van der Waals surface area contributed by atoms with Gasteiger partial charge in [-0.25, -0.2) is 0 Å². The maximum atomic E-state index is 12.7. The van der Waals surface area contributed by atoms with Crippen LogP contribution in [0, 0.1) is 0 Å². The number of hydrogen-bond acceptors (Lipinski definition) is 5. The van der Waals surface area contributed by atoms with Gasteiger partial charge in [0.15, 0.2) is 5.78 Å². The lowest BCUT2D eigenvalue weighted by molar-refractivity contribution is -0.114. The quantitative estimate of drug-likeness (QED) is 0.623. The number of ketones is 2. The molecule has 23 heavy (non-hydrogen) atoms. The topological polar surface area (TPSA) is 46.6 Å². The number of morpholine rings is 1. The van der Waals surface area contributed by atoms with Crippen LogP contribution >= 0.6 is 11.8 Å². The number of nitrogens with zero attached hydrogens (tertiary/aromatic N) is 1. The molecule has 4 nitrogen and oxygen atoms in total. The van der Waals surface area contributed by atoms with Gasteiger partial charge in [-0.3, -0.25) is 9.69 Å². The summed E-state index contributed by atoms with van der Waals surface area (Å²) in [7, 11) is 0. The molecule has 0 bridgehead atoms. The molecule has 1 fully saturated rings. The van der Waals surface area contributed by atoms with Crippen molar-refractivity contribution < 1.29 is 14.3 Å². The number of rotatable bonds is 4. The van der Waals surface area contributed by atoms with E-state index in [2.05, 4.69) is 4.90 Å². The van der Waals surface area contributed by atoms with Crippen LogP contribution in [0.25, 0.3) is 0 Å². The smallest absolute Gasteiger partial charge is 0.182 e. The van der Waals surface area contributed by atoms with Crippen LogP contribution in [0.15, 0.2) is 29.2 Å². The largest absolute Gasteiger partial charge is 0.379 e. The standard InChI is InChI=1S/C15H21NO2S.C3H6O/c1-15(2,16-8-10-18-11-9-16)14(17)12-4-6-13(19-3)7-5-12;1-3(2)4/h4-7H,8-11H2,1-3H3;1-2H3. The third kappa shape index (κ3) is 6.09. The van der Waals surface area contributed by atoms with E-state index in [-0.39, 0.29) is 11.6 Å². The van der Waals surface area contributed by atoms with E-state index in [0.717, 1.165) is 18.7 Å². The normalized spacial score (nSPS) is 15.5. The van der Waals surface area contributed by atoms with Gasteiger partial charge in [-0.2, -0.15) is 0 Å². The fourth-order valence-electron chi connectivity index (χ4n) is 2.36. The number of carbonyl (C=O) groups is 2. The molecule has 0 spiro atoms. The Labute approximate surface area is 143 Å². The highest BCUT2D eigenvalue weighted by Gasteiger charge is 2.35. The van der Waals surface area contributed by atoms with Crippen LogP contribution in [0.5, 0.6) is 0 Å². The third-order valence-electron chi connectivity index (χ3n) is 3.71. The van der Waals surface area contributed by atoms with Crippen LogP contribution in [-0.2, 0) is 9.53 Å². The van der Waals surface area contributed by atoms with Gasteiger partial charge in [0, 0.05) is 23.5 Å². The van der Waals surface area contributed by atoms with Crippen LogP contribution in [0.4, 0.5) is 0 Å². The molecule has 0 amide bonds. The Morgan fingerprint density at radius 3 is 2.00 bits per heavy atom. The zero-order chi connectivity index (χ0) is 17.5. The number of carbonyl (C=O) groups excluding carboxylic acids is 2. The Hall–Kier alpha value is -1.17. The summed E-state index contributed by atoms with van der Waals surface area (Å²) in [5.74, 6) is 0.349. The minimum Gasteiger partial charge on any atom is -0.379 e. The number of Topliss-reactive ketones (excluding diaryl/α,β-unsaturated/α-hetero) is 2. The van der Waals surface area contributed by atoms with Crippen molar-refractivity contribution in [2.75, 3.05) is 32.6 Å². The van der Waals surface area contributed by atoms with Gasteiger partial charge in [-0.05, 0) is 46.1 Å². The number of ether oxygens (including phenoxy) is 1. The van der Waals surface area contributed by atoms with Crippen molar-refractivity contribution in [3.05, 3.63) is 29.8 Å². The summed E-state index contributed by atoms with van der Waals surface area (Å²) in [6.45, 7) is 10.1. The lowest BCUT2D eigenvalue weighted by atomic mass is 9.91. The van der Waals surface area contributed by atoms with Crippen molar-refractivity contribution >= 4 is 23.3 Å². The van der Waals surface area contributed by atoms with Crippen molar-refractivity contribution in [1.29, 1.82) is 0 Å². The molecule has 0 aliphatic carbocycles. The SMILES string of the molecule is CC(C)=O.CSc1ccc(C(=O)C(C)(C)N2CCOCC2)cc1. The molecule has 0 atom stereocenters. The lowest BCUT2D eigenvalue weighted by Crippen LogP contribution is -2.54. The van der Waals surface area contributed by atoms with E-state index in [1.807, 2.05) is 44.4 Å². The monoisotopic (exact) mass is 337 g/mol. The highest BCUT2D eigenvalue weighted by molar-refractivity contribution is 7.98. The van der Waals surface area contributed by atoms with Crippen molar-refractivity contribution in [2.45, 2.75) is 38.1 Å². The molecule has 1 saturated heterocycles. The Kier molecular flexibility index (Phi) is 7.95. The molecule has 2 rings (SSSR count). The van der Waals surface area contributed by atoms with Crippen LogP contribution in [0.3, 0.4) is 0 Å². The van der Waals surface area contributed by atoms with E-state index in [1.54, 1.807) is 11.8 Å². The van der Waals surface area contributed by atoms with E-state index >= 15 is 0 Å². The fraction of sp³-hybridized carbons (Fsp3) is 0.556. The van der Waals surface area contributed by atoms with Gasteiger partial charge in [0.1, 0.15) is 5.78 Å². The maximum Gasteiger partial charge on any atom is 0.182 e. The van der Waals surface area contributed by atoms with Crippen molar-refractivity contribution in [1.82, 2.24) is 4.90 Å². The first-order valence-corrected chi connectivity index (χ1v) is 9.00. The summed E-state index contributed by atoms with van der Waals surface area (Å²) in [5.41, 5.74) is 0.319. The molecule has 0 N–H and O–H groups in total. The second-order valence-corrected chi connectivity index (χ2v) is 7.00. The Morgan fingerprint density at radius 1 is 1.09 bits per heavy atom. The number of benzene rings is 1. The molecule has 128 valence electrons. The van der Waals surface area contributed by atoms with E-state index in [0.29, 0.717) is 13.2 Å². The minimum atomic E-state index is -0.468. The van der Waals surface area contributed by atoms with Crippen LogP contribution < -0.4 is 0 Å². The van der Waals surface area contributed by atoms with Crippen LogP contribution in [-0.4, -0.2) is 54.6 Å². The average Bonchev–Trinajstić information content (AvgIpc) is 2.54. The molecule has 0 radical (unpaired) electrons. The molecule has 0 saturated carbocycles. The highest BCUT2D eigenvalue weighted by Crippen LogP contribution is 2.23. The zero-order valence-electron chi connectivity index (χ0n) is 14.7. The summed E-state index contributed by atoms with van der Waals surface area (Å²) >= 11 is 1.69. The van der Waals surface area contributed by atoms with Crippen LogP contribution in [0.1, 0.15) is 38.1 Å². The second kappa shape index (κ2) is 9.21. The molecule has 5 heteroatoms. The first kappa shape index (κ1) is 19.9. The van der Waals surface area contributed by atoms with E-state index in [9.17, 15) is 9.59 Å². The summed E-state index contributed by atoms with van der Waals surface area (Å²) in [6, 6.07) is 7.87. The van der Waals surface area contributed by atoms with E-state index in [4.69, 9.17) is 4.74 Å². The third-order valence-corrected chi connectivity index (χ3v) is 4.45. The summed E-state index contributed by atoms with van der Waals surface area (Å²) in [5, 5.41) is 0. The van der Waals surface area contributed by atoms with Gasteiger partial charge >= 0.3 is 0 Å². The maximum absolute atomic E-state index is 12.7. The number of hydrogen-bond donors (Lipinski definition) is 0. The Bertz CT molecular complexity index is 516. The summed E-state index contributed by atoms with van der Waals surface area (Å²) < 4.78 is 5.35. The molecule has 1 aromatic carbocycles. The van der Waals surface area contributed by atoms with Crippen molar-refractivity contribution in [3.8, 4) is 0 Å². The molecule has 1 aliphatic rings. The van der Waals surface area contributed by atoms with E-state index < -0.39 is 5.54 Å². The Morgan fingerprint density at radius 2 is 1.57 bits per heavy atom. The molecule has 1 aromatic rings.